The second-order valence-electron chi connectivity index (χ2n) is 10.7. The van der Waals surface area contributed by atoms with Gasteiger partial charge in [0.2, 0.25) is 0 Å². The summed E-state index contributed by atoms with van der Waals surface area (Å²) in [7, 11) is 1.80. The minimum absolute atomic E-state index is 0.0134. The molecule has 1 saturated carbocycles. The number of carbonyl (C=O) groups excluding carboxylic acids is 2. The molecule has 1 amide bonds. The lowest BCUT2D eigenvalue weighted by Gasteiger charge is -2.59. The van der Waals surface area contributed by atoms with Crippen LogP contribution in [0.3, 0.4) is 0 Å². The smallest absolute Gasteiger partial charge is 0.308 e. The Labute approximate surface area is 224 Å². The van der Waals surface area contributed by atoms with Gasteiger partial charge in [0.25, 0.3) is 5.91 Å². The number of methoxy groups -OCH3 is 1. The Bertz CT molecular complexity index is 1350. The third-order valence-electron chi connectivity index (χ3n) is 8.47. The van der Waals surface area contributed by atoms with Gasteiger partial charge in [-0.2, -0.15) is 0 Å². The lowest BCUT2D eigenvalue weighted by molar-refractivity contribution is -0.146. The summed E-state index contributed by atoms with van der Waals surface area (Å²) in [5.74, 6) is 0.131. The van der Waals surface area contributed by atoms with Crippen LogP contribution in [0.1, 0.15) is 48.5 Å². The van der Waals surface area contributed by atoms with Gasteiger partial charge >= 0.3 is 5.97 Å². The van der Waals surface area contributed by atoms with Crippen molar-refractivity contribution < 1.29 is 19.1 Å². The normalized spacial score (nSPS) is 25.4. The van der Waals surface area contributed by atoms with Crippen molar-refractivity contribution in [2.45, 2.75) is 49.7 Å². The number of ether oxygens (including phenoxy) is 2. The van der Waals surface area contributed by atoms with Crippen molar-refractivity contribution >= 4 is 22.6 Å². The fourth-order valence-corrected chi connectivity index (χ4v) is 6.68. The molecule has 3 aromatic rings. The first-order valence-corrected chi connectivity index (χ1v) is 13.4. The summed E-state index contributed by atoms with van der Waals surface area (Å²) in [4.78, 5) is 27.5. The number of nitrogens with one attached hydrogen (secondary N) is 1. The van der Waals surface area contributed by atoms with Crippen molar-refractivity contribution in [3.05, 3.63) is 90.5 Å². The second-order valence-corrected chi connectivity index (χ2v) is 10.7. The maximum Gasteiger partial charge on any atom is 0.308 e. The average Bonchev–Trinajstić information content (AvgIpc) is 2.92. The molecule has 1 aliphatic heterocycles. The number of carbonyl (C=O) groups is 2. The largest absolute Gasteiger partial charge is 0.427 e. The summed E-state index contributed by atoms with van der Waals surface area (Å²) in [6, 6.07) is 21.7. The molecule has 2 fully saturated rings. The van der Waals surface area contributed by atoms with Crippen LogP contribution in [0, 0.1) is 0 Å². The number of hydrogen-bond acceptors (Lipinski definition) is 5. The average molecular weight is 513 g/mol. The molecule has 0 spiro atoms. The van der Waals surface area contributed by atoms with Crippen LogP contribution in [0.2, 0.25) is 0 Å². The van der Waals surface area contributed by atoms with E-state index in [9.17, 15) is 9.59 Å². The molecule has 1 N–H and O–H groups in total. The van der Waals surface area contributed by atoms with Crippen molar-refractivity contribution in [2.24, 2.45) is 0 Å². The first-order chi connectivity index (χ1) is 18.4. The fourth-order valence-electron chi connectivity index (χ4n) is 6.68. The zero-order valence-electron chi connectivity index (χ0n) is 22.2. The number of likely N-dealkylation sites (tertiary alicyclic amines) is 1. The highest BCUT2D eigenvalue weighted by atomic mass is 16.5. The fraction of sp³-hybridized carbons (Fsp3) is 0.375. The molecule has 1 heterocycles. The lowest BCUT2D eigenvalue weighted by atomic mass is 9.55. The van der Waals surface area contributed by atoms with Crippen LogP contribution in [0.4, 0.5) is 0 Å². The SMILES string of the molecule is C=CCN1CC[C@@]2(c3cccc(OC(C)=O)c3)C[C@@H](NC(=O)c3ccc4ccccc4c3)CC[C@]2(OC)C1. The summed E-state index contributed by atoms with van der Waals surface area (Å²) in [6.07, 6.45) is 5.16. The second kappa shape index (κ2) is 10.7. The van der Waals surface area contributed by atoms with Gasteiger partial charge in [0.1, 0.15) is 5.75 Å². The number of amides is 1. The Morgan fingerprint density at radius 2 is 1.89 bits per heavy atom. The van der Waals surface area contributed by atoms with Gasteiger partial charge in [-0.1, -0.05) is 48.5 Å². The molecule has 1 aliphatic carbocycles. The zero-order chi connectivity index (χ0) is 26.8. The van der Waals surface area contributed by atoms with E-state index in [0.29, 0.717) is 11.3 Å². The number of piperidine rings is 1. The molecule has 198 valence electrons. The third kappa shape index (κ3) is 4.86. The molecule has 0 aromatic heterocycles. The molecule has 2 aliphatic rings. The van der Waals surface area contributed by atoms with Crippen LogP contribution < -0.4 is 10.1 Å². The Hall–Kier alpha value is -3.48. The molecule has 0 bridgehead atoms. The summed E-state index contributed by atoms with van der Waals surface area (Å²) in [5, 5.41) is 5.51. The highest BCUT2D eigenvalue weighted by molar-refractivity contribution is 5.98. The molecule has 1 saturated heterocycles. The first-order valence-electron chi connectivity index (χ1n) is 13.4. The van der Waals surface area contributed by atoms with Gasteiger partial charge in [0, 0.05) is 44.1 Å². The Kier molecular flexibility index (Phi) is 7.37. The highest BCUT2D eigenvalue weighted by Gasteiger charge is 2.59. The predicted molar refractivity (Wildman–Crippen MR) is 149 cm³/mol. The van der Waals surface area contributed by atoms with Gasteiger partial charge in [0.05, 0.1) is 5.60 Å². The molecule has 6 nitrogen and oxygen atoms in total. The number of fused-ring (bicyclic) bond motifs is 2. The third-order valence-corrected chi connectivity index (χ3v) is 8.47. The van der Waals surface area contributed by atoms with Gasteiger partial charge < -0.3 is 14.8 Å². The Morgan fingerprint density at radius 3 is 2.66 bits per heavy atom. The molecule has 0 radical (unpaired) electrons. The summed E-state index contributed by atoms with van der Waals surface area (Å²) in [6.45, 7) is 7.82. The van der Waals surface area contributed by atoms with E-state index in [0.717, 1.165) is 61.7 Å². The van der Waals surface area contributed by atoms with Crippen LogP contribution in [-0.2, 0) is 14.9 Å². The molecule has 6 heteroatoms. The van der Waals surface area contributed by atoms with Crippen molar-refractivity contribution in [1.29, 1.82) is 0 Å². The van der Waals surface area contributed by atoms with E-state index in [2.05, 4.69) is 28.9 Å². The topological polar surface area (TPSA) is 67.9 Å². The molecule has 0 unspecified atom stereocenters. The van der Waals surface area contributed by atoms with Crippen molar-refractivity contribution in [3.8, 4) is 5.75 Å². The highest BCUT2D eigenvalue weighted by Crippen LogP contribution is 2.53. The van der Waals surface area contributed by atoms with E-state index in [4.69, 9.17) is 9.47 Å². The monoisotopic (exact) mass is 512 g/mol. The number of hydrogen-bond donors (Lipinski definition) is 1. The van der Waals surface area contributed by atoms with E-state index >= 15 is 0 Å². The van der Waals surface area contributed by atoms with E-state index in [-0.39, 0.29) is 23.3 Å². The summed E-state index contributed by atoms with van der Waals surface area (Å²) >= 11 is 0. The number of nitrogens with zero attached hydrogens (tertiary/aromatic N) is 1. The van der Waals surface area contributed by atoms with Crippen LogP contribution in [0.15, 0.2) is 79.4 Å². The lowest BCUT2D eigenvalue weighted by Crippen LogP contribution is -2.68. The maximum absolute atomic E-state index is 13.4. The number of benzene rings is 3. The zero-order valence-corrected chi connectivity index (χ0v) is 22.2. The van der Waals surface area contributed by atoms with Gasteiger partial charge in [-0.3, -0.25) is 14.5 Å². The standard InChI is InChI=1S/C32H36N2O4/c1-4-17-34-18-16-31(27-10-7-11-29(20-27)38-23(2)35)21-28(14-15-32(31,22-34)37-3)33-30(36)26-13-12-24-8-5-6-9-25(24)19-26/h4-13,19-20,28H,1,14-18,21-22H2,2-3H3,(H,33,36)/t28-,31-,32-/m0/s1. The molecule has 38 heavy (non-hydrogen) atoms. The van der Waals surface area contributed by atoms with Crippen LogP contribution in [0.5, 0.6) is 5.75 Å². The van der Waals surface area contributed by atoms with E-state index < -0.39 is 5.60 Å². The van der Waals surface area contributed by atoms with E-state index in [1.807, 2.05) is 60.7 Å². The quantitative estimate of drug-likeness (QED) is 0.266. The van der Waals surface area contributed by atoms with E-state index in [1.54, 1.807) is 7.11 Å². The van der Waals surface area contributed by atoms with Gasteiger partial charge in [0.15, 0.2) is 0 Å². The molecule has 5 rings (SSSR count). The molecular weight excluding hydrogens is 476 g/mol. The van der Waals surface area contributed by atoms with Gasteiger partial charge in [-0.05, 0) is 72.8 Å². The van der Waals surface area contributed by atoms with Gasteiger partial charge in [-0.25, -0.2) is 0 Å². The van der Waals surface area contributed by atoms with Crippen molar-refractivity contribution in [2.75, 3.05) is 26.7 Å². The Morgan fingerprint density at radius 1 is 1.08 bits per heavy atom. The summed E-state index contributed by atoms with van der Waals surface area (Å²) in [5.41, 5.74) is 0.961. The molecular formula is C32H36N2O4. The number of esters is 1. The van der Waals surface area contributed by atoms with Gasteiger partial charge in [-0.15, -0.1) is 6.58 Å². The van der Waals surface area contributed by atoms with Crippen LogP contribution >= 0.6 is 0 Å². The van der Waals surface area contributed by atoms with E-state index in [1.165, 1.54) is 6.92 Å². The molecule has 3 aromatic carbocycles. The minimum Gasteiger partial charge on any atom is -0.427 e. The maximum atomic E-state index is 13.4. The summed E-state index contributed by atoms with van der Waals surface area (Å²) < 4.78 is 11.9. The number of rotatable bonds is 7. The first kappa shape index (κ1) is 26.1. The van der Waals surface area contributed by atoms with Crippen LogP contribution in [-0.4, -0.2) is 55.2 Å². The van der Waals surface area contributed by atoms with Crippen LogP contribution in [0.25, 0.3) is 10.8 Å². The minimum atomic E-state index is -0.437. The molecule has 3 atom stereocenters. The Balaban J connectivity index is 1.47. The van der Waals surface area contributed by atoms with Crippen molar-refractivity contribution in [1.82, 2.24) is 10.2 Å². The van der Waals surface area contributed by atoms with Crippen molar-refractivity contribution in [3.63, 3.8) is 0 Å². The predicted octanol–water partition coefficient (Wildman–Crippen LogP) is 5.26.